The molecule has 5 rings (SSSR count). The van der Waals surface area contributed by atoms with Gasteiger partial charge in [0.05, 0.1) is 11.8 Å². The maximum Gasteiger partial charge on any atom is 0.253 e. The van der Waals surface area contributed by atoms with Crippen LogP contribution in [0.15, 0.2) is 66.2 Å². The fraction of sp³-hybridized carbons (Fsp3) is 0.308. The van der Waals surface area contributed by atoms with Crippen LogP contribution in [0.25, 0.3) is 16.2 Å². The van der Waals surface area contributed by atoms with Gasteiger partial charge < -0.3 is 9.64 Å². The van der Waals surface area contributed by atoms with Crippen LogP contribution >= 0.6 is 11.3 Å². The molecule has 0 bridgehead atoms. The van der Waals surface area contributed by atoms with E-state index < -0.39 is 0 Å². The summed E-state index contributed by atoms with van der Waals surface area (Å²) in [7, 11) is 0. The molecular formula is C26H27N3O2S. The van der Waals surface area contributed by atoms with Crippen molar-refractivity contribution >= 4 is 22.2 Å². The highest BCUT2D eigenvalue weighted by Crippen LogP contribution is 2.24. The van der Waals surface area contributed by atoms with E-state index in [0.717, 1.165) is 53.2 Å². The quantitative estimate of drug-likeness (QED) is 0.391. The molecule has 2 aromatic carbocycles. The Hall–Kier alpha value is -2.96. The number of imidazole rings is 1. The van der Waals surface area contributed by atoms with Crippen LogP contribution in [0.2, 0.25) is 0 Å². The molecule has 5 nitrogen and oxygen atoms in total. The second-order valence-corrected chi connectivity index (χ2v) is 9.21. The fourth-order valence-corrected chi connectivity index (χ4v) is 5.10. The van der Waals surface area contributed by atoms with Gasteiger partial charge >= 0.3 is 0 Å². The number of amides is 1. The number of hydrogen-bond acceptors (Lipinski definition) is 4. The second kappa shape index (κ2) is 9.27. The lowest BCUT2D eigenvalue weighted by Gasteiger charge is -2.25. The molecule has 1 fully saturated rings. The highest BCUT2D eigenvalue weighted by atomic mass is 32.1. The Bertz CT molecular complexity index is 1190. The summed E-state index contributed by atoms with van der Waals surface area (Å²) in [6.45, 7) is 4.12. The minimum atomic E-state index is 0.0718. The topological polar surface area (TPSA) is 46.8 Å². The third kappa shape index (κ3) is 4.47. The van der Waals surface area contributed by atoms with Gasteiger partial charge in [0.25, 0.3) is 5.91 Å². The van der Waals surface area contributed by atoms with Gasteiger partial charge in [0, 0.05) is 54.5 Å². The molecule has 4 aromatic rings. The number of benzene rings is 2. The van der Waals surface area contributed by atoms with Gasteiger partial charge in [0.1, 0.15) is 0 Å². The van der Waals surface area contributed by atoms with Crippen LogP contribution in [-0.2, 0) is 11.2 Å². The SMILES string of the molecule is Cc1ccc(C(=O)N(CCc2csc3nc(-c4ccccc4)cn23)CC2CCCO2)cc1. The molecule has 32 heavy (non-hydrogen) atoms. The van der Waals surface area contributed by atoms with Crippen LogP contribution in [0.1, 0.15) is 34.5 Å². The summed E-state index contributed by atoms with van der Waals surface area (Å²) in [5.41, 5.74) is 5.16. The molecule has 164 valence electrons. The lowest BCUT2D eigenvalue weighted by atomic mass is 10.1. The number of carbonyl (C=O) groups is 1. The third-order valence-electron chi connectivity index (χ3n) is 6.02. The molecule has 0 spiro atoms. The van der Waals surface area contributed by atoms with E-state index in [2.05, 4.69) is 28.1 Å². The maximum absolute atomic E-state index is 13.3. The Balaban J connectivity index is 1.35. The largest absolute Gasteiger partial charge is 0.376 e. The average Bonchev–Trinajstić information content (AvgIpc) is 3.56. The molecule has 1 saturated heterocycles. The van der Waals surface area contributed by atoms with Gasteiger partial charge in [-0.2, -0.15) is 0 Å². The number of ether oxygens (including phenoxy) is 1. The summed E-state index contributed by atoms with van der Waals surface area (Å²) in [4.78, 5) is 21.0. The van der Waals surface area contributed by atoms with Crippen molar-refractivity contribution in [3.05, 3.63) is 83.0 Å². The zero-order chi connectivity index (χ0) is 21.9. The number of aromatic nitrogens is 2. The number of nitrogens with zero attached hydrogens (tertiary/aromatic N) is 3. The van der Waals surface area contributed by atoms with E-state index in [9.17, 15) is 4.79 Å². The van der Waals surface area contributed by atoms with E-state index in [1.165, 1.54) is 5.69 Å². The van der Waals surface area contributed by atoms with Gasteiger partial charge in [-0.15, -0.1) is 11.3 Å². The minimum Gasteiger partial charge on any atom is -0.376 e. The first-order valence-corrected chi connectivity index (χ1v) is 12.0. The van der Waals surface area contributed by atoms with E-state index >= 15 is 0 Å². The highest BCUT2D eigenvalue weighted by molar-refractivity contribution is 7.15. The summed E-state index contributed by atoms with van der Waals surface area (Å²) in [6.07, 6.45) is 5.09. The molecule has 1 amide bonds. The number of thiazole rings is 1. The zero-order valence-electron chi connectivity index (χ0n) is 18.2. The molecule has 1 aliphatic heterocycles. The molecule has 0 aliphatic carbocycles. The van der Waals surface area contributed by atoms with Crippen molar-refractivity contribution in [2.45, 2.75) is 32.3 Å². The average molecular weight is 446 g/mol. The smallest absolute Gasteiger partial charge is 0.253 e. The predicted octanol–water partition coefficient (Wildman–Crippen LogP) is 5.24. The van der Waals surface area contributed by atoms with Gasteiger partial charge in [0.2, 0.25) is 0 Å². The molecule has 3 heterocycles. The fourth-order valence-electron chi connectivity index (χ4n) is 4.20. The molecule has 0 radical (unpaired) electrons. The molecule has 0 saturated carbocycles. The summed E-state index contributed by atoms with van der Waals surface area (Å²) >= 11 is 1.64. The number of rotatable bonds is 7. The van der Waals surface area contributed by atoms with Crippen LogP contribution in [0.4, 0.5) is 0 Å². The molecule has 1 aliphatic rings. The summed E-state index contributed by atoms with van der Waals surface area (Å²) in [5, 5.41) is 2.15. The molecular weight excluding hydrogens is 418 g/mol. The van der Waals surface area contributed by atoms with Crippen LogP contribution in [0, 0.1) is 6.92 Å². The van der Waals surface area contributed by atoms with Crippen molar-refractivity contribution in [2.24, 2.45) is 0 Å². The number of hydrogen-bond donors (Lipinski definition) is 0. The second-order valence-electron chi connectivity index (χ2n) is 8.37. The third-order valence-corrected chi connectivity index (χ3v) is 6.91. The van der Waals surface area contributed by atoms with Crippen LogP contribution in [0.5, 0.6) is 0 Å². The Kier molecular flexibility index (Phi) is 6.06. The first-order chi connectivity index (χ1) is 15.7. The van der Waals surface area contributed by atoms with E-state index in [1.54, 1.807) is 11.3 Å². The van der Waals surface area contributed by atoms with Gasteiger partial charge in [-0.1, -0.05) is 48.0 Å². The summed E-state index contributed by atoms with van der Waals surface area (Å²) < 4.78 is 8.00. The van der Waals surface area contributed by atoms with Crippen LogP contribution in [0.3, 0.4) is 0 Å². The van der Waals surface area contributed by atoms with E-state index in [0.29, 0.717) is 13.1 Å². The first-order valence-electron chi connectivity index (χ1n) is 11.2. The Morgan fingerprint density at radius 3 is 2.75 bits per heavy atom. The van der Waals surface area contributed by atoms with Crippen molar-refractivity contribution in [2.75, 3.05) is 19.7 Å². The van der Waals surface area contributed by atoms with Crippen LogP contribution < -0.4 is 0 Å². The van der Waals surface area contributed by atoms with E-state index in [4.69, 9.17) is 9.72 Å². The molecule has 1 unspecified atom stereocenters. The van der Waals surface area contributed by atoms with Crippen molar-refractivity contribution in [3.8, 4) is 11.3 Å². The predicted molar refractivity (Wildman–Crippen MR) is 128 cm³/mol. The van der Waals surface area contributed by atoms with E-state index in [-0.39, 0.29) is 12.0 Å². The zero-order valence-corrected chi connectivity index (χ0v) is 19.1. The molecule has 6 heteroatoms. The van der Waals surface area contributed by atoms with Gasteiger partial charge in [-0.3, -0.25) is 9.20 Å². The summed E-state index contributed by atoms with van der Waals surface area (Å²) in [6, 6.07) is 18.1. The minimum absolute atomic E-state index is 0.0718. The Morgan fingerprint density at radius 1 is 1.19 bits per heavy atom. The number of fused-ring (bicyclic) bond motifs is 1. The standard InChI is InChI=1S/C26H27N3O2S/c1-19-9-11-21(12-10-19)25(30)28(16-23-8-5-15-31-23)14-13-22-18-32-26-27-24(17-29(22)26)20-6-3-2-4-7-20/h2-4,6-7,9-12,17-18,23H,5,8,13-16H2,1H3. The van der Waals surface area contributed by atoms with Gasteiger partial charge in [0.15, 0.2) is 4.96 Å². The van der Waals surface area contributed by atoms with Crippen molar-refractivity contribution in [1.82, 2.24) is 14.3 Å². The number of carbonyl (C=O) groups excluding carboxylic acids is 1. The molecule has 2 aromatic heterocycles. The monoisotopic (exact) mass is 445 g/mol. The maximum atomic E-state index is 13.3. The molecule has 1 atom stereocenters. The Labute approximate surface area is 192 Å². The number of aryl methyl sites for hydroxylation is 1. The van der Waals surface area contributed by atoms with Gasteiger partial charge in [-0.25, -0.2) is 4.98 Å². The van der Waals surface area contributed by atoms with Crippen LogP contribution in [-0.4, -0.2) is 46.0 Å². The molecule has 0 N–H and O–H groups in total. The highest BCUT2D eigenvalue weighted by Gasteiger charge is 2.24. The van der Waals surface area contributed by atoms with Crippen molar-refractivity contribution in [1.29, 1.82) is 0 Å². The first kappa shape index (κ1) is 20.9. The lowest BCUT2D eigenvalue weighted by molar-refractivity contribution is 0.0528. The summed E-state index contributed by atoms with van der Waals surface area (Å²) in [5.74, 6) is 0.0718. The normalized spacial score (nSPS) is 16.0. The van der Waals surface area contributed by atoms with Crippen molar-refractivity contribution < 1.29 is 9.53 Å². The Morgan fingerprint density at radius 2 is 2.00 bits per heavy atom. The lowest BCUT2D eigenvalue weighted by Crippen LogP contribution is -2.38. The van der Waals surface area contributed by atoms with E-state index in [1.807, 2.05) is 54.3 Å². The van der Waals surface area contributed by atoms with Gasteiger partial charge in [-0.05, 0) is 31.9 Å². The van der Waals surface area contributed by atoms with Crippen molar-refractivity contribution in [3.63, 3.8) is 0 Å².